The van der Waals surface area contributed by atoms with Gasteiger partial charge >= 0.3 is 0 Å². The zero-order valence-corrected chi connectivity index (χ0v) is 11.5. The maximum Gasteiger partial charge on any atom is 0.184 e. The molecular formula is C15H22O3. The fourth-order valence-electron chi connectivity index (χ4n) is 3.36. The molecule has 0 radical (unpaired) electrons. The molecule has 2 rings (SSSR count). The van der Waals surface area contributed by atoms with Crippen molar-refractivity contribution in [3.05, 3.63) is 22.8 Å². The first-order valence-electron chi connectivity index (χ1n) is 6.59. The summed E-state index contributed by atoms with van der Waals surface area (Å²) in [6.07, 6.45) is 1.83. The average molecular weight is 250 g/mol. The highest BCUT2D eigenvalue weighted by Crippen LogP contribution is 2.51. The minimum absolute atomic E-state index is 0.0463. The molecule has 0 unspecified atom stereocenters. The summed E-state index contributed by atoms with van der Waals surface area (Å²) < 4.78 is 0. The Morgan fingerprint density at radius 2 is 2.00 bits per heavy atom. The lowest BCUT2D eigenvalue weighted by molar-refractivity contribution is -0.116. The predicted molar refractivity (Wildman–Crippen MR) is 70.0 cm³/mol. The summed E-state index contributed by atoms with van der Waals surface area (Å²) in [5.41, 5.74) is 1.83. The van der Waals surface area contributed by atoms with E-state index < -0.39 is 17.6 Å². The Morgan fingerprint density at radius 1 is 1.39 bits per heavy atom. The Balaban J connectivity index is 2.58. The molecule has 4 atom stereocenters. The number of fused-ring (bicyclic) bond motifs is 1. The van der Waals surface area contributed by atoms with Gasteiger partial charge in [-0.1, -0.05) is 25.0 Å². The van der Waals surface area contributed by atoms with Gasteiger partial charge in [-0.15, -0.1) is 0 Å². The molecule has 0 aromatic rings. The van der Waals surface area contributed by atoms with Gasteiger partial charge in [0, 0.05) is 11.0 Å². The number of hydrogen-bond donors (Lipinski definition) is 2. The molecule has 0 aromatic carbocycles. The molecule has 3 heteroatoms. The van der Waals surface area contributed by atoms with Gasteiger partial charge in [0.25, 0.3) is 0 Å². The number of carbonyl (C=O) groups is 1. The number of carbonyl (C=O) groups excluding carboxylic acids is 1. The van der Waals surface area contributed by atoms with Gasteiger partial charge in [-0.25, -0.2) is 0 Å². The second kappa shape index (κ2) is 4.32. The molecular weight excluding hydrogens is 228 g/mol. The standard InChI is InChI=1S/C15H22O3/c1-8(2)13-12(17)7-10-5-6-11(16)9(3)15(10,4)14(13)18/h7,9,11,14,16,18H,5-6H2,1-4H3/t9-,11+,14-,15+/m0/s1. The van der Waals surface area contributed by atoms with Crippen LogP contribution in [0.15, 0.2) is 22.8 Å². The maximum atomic E-state index is 12.1. The molecule has 0 bridgehead atoms. The zero-order chi connectivity index (χ0) is 13.7. The van der Waals surface area contributed by atoms with Crippen LogP contribution in [0.3, 0.4) is 0 Å². The van der Waals surface area contributed by atoms with Crippen LogP contribution in [0.1, 0.15) is 40.5 Å². The molecule has 2 aliphatic rings. The Morgan fingerprint density at radius 3 is 2.56 bits per heavy atom. The lowest BCUT2D eigenvalue weighted by Gasteiger charge is -2.50. The van der Waals surface area contributed by atoms with Crippen LogP contribution in [0.25, 0.3) is 0 Å². The first-order valence-corrected chi connectivity index (χ1v) is 6.59. The number of ketones is 1. The van der Waals surface area contributed by atoms with Crippen molar-refractivity contribution in [2.75, 3.05) is 0 Å². The Labute approximate surface area is 108 Å². The van der Waals surface area contributed by atoms with Crippen LogP contribution in [0.4, 0.5) is 0 Å². The highest BCUT2D eigenvalue weighted by molar-refractivity contribution is 6.07. The molecule has 2 aliphatic carbocycles. The second-order valence-electron chi connectivity index (χ2n) is 6.03. The highest BCUT2D eigenvalue weighted by Gasteiger charge is 2.51. The summed E-state index contributed by atoms with van der Waals surface area (Å²) >= 11 is 0. The van der Waals surface area contributed by atoms with E-state index >= 15 is 0 Å². The third-order valence-electron chi connectivity index (χ3n) is 4.88. The van der Waals surface area contributed by atoms with Gasteiger partial charge in [-0.3, -0.25) is 4.79 Å². The third-order valence-corrected chi connectivity index (χ3v) is 4.88. The number of rotatable bonds is 0. The smallest absolute Gasteiger partial charge is 0.184 e. The van der Waals surface area contributed by atoms with Crippen LogP contribution in [-0.2, 0) is 4.79 Å². The molecule has 0 spiro atoms. The lowest BCUT2D eigenvalue weighted by Crippen LogP contribution is -2.51. The number of aliphatic hydroxyl groups excluding tert-OH is 2. The van der Waals surface area contributed by atoms with Crippen molar-refractivity contribution in [1.29, 1.82) is 0 Å². The number of allylic oxidation sites excluding steroid dienone is 2. The summed E-state index contributed by atoms with van der Waals surface area (Å²) in [5, 5.41) is 20.7. The molecule has 0 saturated heterocycles. The fraction of sp³-hybridized carbons (Fsp3) is 0.667. The normalized spacial score (nSPS) is 40.3. The molecule has 18 heavy (non-hydrogen) atoms. The molecule has 3 nitrogen and oxygen atoms in total. The van der Waals surface area contributed by atoms with E-state index in [2.05, 4.69) is 0 Å². The van der Waals surface area contributed by atoms with E-state index in [9.17, 15) is 15.0 Å². The van der Waals surface area contributed by atoms with E-state index in [-0.39, 0.29) is 11.7 Å². The van der Waals surface area contributed by atoms with E-state index in [1.807, 2.05) is 27.7 Å². The summed E-state index contributed by atoms with van der Waals surface area (Å²) in [6, 6.07) is 0. The van der Waals surface area contributed by atoms with Gasteiger partial charge in [0.05, 0.1) is 12.2 Å². The van der Waals surface area contributed by atoms with Crippen LogP contribution in [0.5, 0.6) is 0 Å². The van der Waals surface area contributed by atoms with Gasteiger partial charge in [0.15, 0.2) is 5.78 Å². The molecule has 0 amide bonds. The van der Waals surface area contributed by atoms with Gasteiger partial charge in [0.1, 0.15) is 0 Å². The fourth-order valence-corrected chi connectivity index (χ4v) is 3.36. The largest absolute Gasteiger partial charge is 0.393 e. The van der Waals surface area contributed by atoms with Gasteiger partial charge in [0.2, 0.25) is 0 Å². The van der Waals surface area contributed by atoms with E-state index in [0.717, 1.165) is 11.1 Å². The number of hydrogen-bond acceptors (Lipinski definition) is 3. The monoisotopic (exact) mass is 250 g/mol. The quantitative estimate of drug-likeness (QED) is 0.646. The molecule has 0 heterocycles. The highest BCUT2D eigenvalue weighted by atomic mass is 16.3. The van der Waals surface area contributed by atoms with Crippen LogP contribution < -0.4 is 0 Å². The van der Waals surface area contributed by atoms with Crippen molar-refractivity contribution >= 4 is 5.78 Å². The molecule has 100 valence electrons. The van der Waals surface area contributed by atoms with Gasteiger partial charge in [-0.05, 0) is 38.7 Å². The Bertz CT molecular complexity index is 443. The van der Waals surface area contributed by atoms with Crippen molar-refractivity contribution in [3.8, 4) is 0 Å². The summed E-state index contributed by atoms with van der Waals surface area (Å²) in [6.45, 7) is 7.62. The summed E-state index contributed by atoms with van der Waals surface area (Å²) in [7, 11) is 0. The van der Waals surface area contributed by atoms with Crippen LogP contribution >= 0.6 is 0 Å². The Hall–Kier alpha value is -0.930. The average Bonchev–Trinajstić information content (AvgIpc) is 2.28. The second-order valence-corrected chi connectivity index (χ2v) is 6.03. The molecule has 2 N–H and O–H groups in total. The van der Waals surface area contributed by atoms with E-state index in [4.69, 9.17) is 0 Å². The van der Waals surface area contributed by atoms with Gasteiger partial charge < -0.3 is 10.2 Å². The Kier molecular flexibility index (Phi) is 3.24. The molecule has 0 aliphatic heterocycles. The van der Waals surface area contributed by atoms with E-state index in [1.54, 1.807) is 6.08 Å². The SMILES string of the molecule is CC(C)=C1C(=O)C=C2CC[C@@H](O)[C@H](C)[C@@]2(C)[C@H]1O. The van der Waals surface area contributed by atoms with Crippen LogP contribution in [-0.4, -0.2) is 28.2 Å². The molecule has 1 saturated carbocycles. The zero-order valence-electron chi connectivity index (χ0n) is 11.5. The van der Waals surface area contributed by atoms with Crippen LogP contribution in [0, 0.1) is 11.3 Å². The van der Waals surface area contributed by atoms with E-state index in [1.165, 1.54) is 0 Å². The van der Waals surface area contributed by atoms with Crippen molar-refractivity contribution in [2.24, 2.45) is 11.3 Å². The number of aliphatic hydroxyl groups is 2. The lowest BCUT2D eigenvalue weighted by atomic mass is 9.57. The maximum absolute atomic E-state index is 12.1. The first kappa shape index (κ1) is 13.5. The molecule has 0 aromatic heterocycles. The molecule has 1 fully saturated rings. The minimum atomic E-state index is -0.806. The van der Waals surface area contributed by atoms with Crippen molar-refractivity contribution in [2.45, 2.75) is 52.7 Å². The topological polar surface area (TPSA) is 57.5 Å². The first-order chi connectivity index (χ1) is 8.30. The van der Waals surface area contributed by atoms with Crippen molar-refractivity contribution in [1.82, 2.24) is 0 Å². The van der Waals surface area contributed by atoms with E-state index in [0.29, 0.717) is 18.4 Å². The van der Waals surface area contributed by atoms with Crippen LogP contribution in [0.2, 0.25) is 0 Å². The minimum Gasteiger partial charge on any atom is -0.393 e. The van der Waals surface area contributed by atoms with Crippen molar-refractivity contribution < 1.29 is 15.0 Å². The summed E-state index contributed by atoms with van der Waals surface area (Å²) in [5.74, 6) is -0.117. The van der Waals surface area contributed by atoms with Gasteiger partial charge in [-0.2, -0.15) is 0 Å². The van der Waals surface area contributed by atoms with Crippen molar-refractivity contribution in [3.63, 3.8) is 0 Å². The third kappa shape index (κ3) is 1.69. The summed E-state index contributed by atoms with van der Waals surface area (Å²) in [4.78, 5) is 12.1. The predicted octanol–water partition coefficient (Wildman–Crippen LogP) is 1.99.